The number of aldehydes is 1. The van der Waals surface area contributed by atoms with E-state index >= 15 is 0 Å². The zero-order chi connectivity index (χ0) is 13.4. The van der Waals surface area contributed by atoms with Crippen LogP contribution in [0.4, 0.5) is 0 Å². The first-order valence-electron chi connectivity index (χ1n) is 6.23. The summed E-state index contributed by atoms with van der Waals surface area (Å²) in [6, 6.07) is 10.0. The van der Waals surface area contributed by atoms with Gasteiger partial charge in [0, 0.05) is 0 Å². The molecule has 2 N–H and O–H groups in total. The summed E-state index contributed by atoms with van der Waals surface area (Å²) in [5, 5.41) is 0. The van der Waals surface area contributed by atoms with Gasteiger partial charge in [-0.3, -0.25) is 4.79 Å². The zero-order valence-electron chi connectivity index (χ0n) is 11.1. The molecule has 2 nitrogen and oxygen atoms in total. The van der Waals surface area contributed by atoms with Gasteiger partial charge in [-0.1, -0.05) is 47.6 Å². The van der Waals surface area contributed by atoms with Crippen LogP contribution in [0, 0.1) is 0 Å². The summed E-state index contributed by atoms with van der Waals surface area (Å²) in [6.45, 7) is 4.02. The summed E-state index contributed by atoms with van der Waals surface area (Å²) in [5.41, 5.74) is 9.57. The van der Waals surface area contributed by atoms with Crippen LogP contribution in [0.1, 0.15) is 38.3 Å². The van der Waals surface area contributed by atoms with E-state index < -0.39 is 0 Å². The van der Waals surface area contributed by atoms with Gasteiger partial charge in [-0.15, -0.1) is 0 Å². The summed E-state index contributed by atoms with van der Waals surface area (Å²) >= 11 is 0. The lowest BCUT2D eigenvalue weighted by atomic mass is 9.99. The maximum Gasteiger partial charge on any atom is 0.142 e. The van der Waals surface area contributed by atoms with Crippen LogP contribution >= 0.6 is 0 Å². The van der Waals surface area contributed by atoms with Gasteiger partial charge in [0.05, 0.1) is 6.04 Å². The molecule has 1 unspecified atom stereocenters. The van der Waals surface area contributed by atoms with Gasteiger partial charge >= 0.3 is 0 Å². The predicted molar refractivity (Wildman–Crippen MR) is 76.2 cm³/mol. The number of carbonyl (C=O) groups excluding carboxylic acids is 1. The minimum absolute atomic E-state index is 0.0402. The molecule has 0 aromatic heterocycles. The van der Waals surface area contributed by atoms with Crippen LogP contribution in [0.2, 0.25) is 0 Å². The minimum Gasteiger partial charge on any atom is -0.321 e. The molecule has 96 valence electrons. The second-order valence-corrected chi connectivity index (χ2v) is 4.52. The molecule has 0 spiro atoms. The van der Waals surface area contributed by atoms with E-state index in [-0.39, 0.29) is 6.04 Å². The lowest BCUT2D eigenvalue weighted by Gasteiger charge is -2.12. The Morgan fingerprint density at radius 1 is 1.28 bits per heavy atom. The highest BCUT2D eigenvalue weighted by Crippen LogP contribution is 2.19. The Bertz CT molecular complexity index is 432. The van der Waals surface area contributed by atoms with Crippen molar-refractivity contribution in [2.45, 2.75) is 32.7 Å². The Morgan fingerprint density at radius 3 is 2.56 bits per heavy atom. The van der Waals surface area contributed by atoms with Crippen LogP contribution in [0.15, 0.2) is 53.6 Å². The maximum absolute atomic E-state index is 10.3. The Kier molecular flexibility index (Phi) is 6.09. The molecule has 0 radical (unpaired) electrons. The molecule has 0 aliphatic rings. The Balaban J connectivity index is 2.56. The van der Waals surface area contributed by atoms with Gasteiger partial charge in [0.25, 0.3) is 0 Å². The number of carbonyl (C=O) groups is 1. The van der Waals surface area contributed by atoms with Crippen LogP contribution in [-0.2, 0) is 4.79 Å². The quantitative estimate of drug-likeness (QED) is 0.471. The maximum atomic E-state index is 10.3. The van der Waals surface area contributed by atoms with Gasteiger partial charge < -0.3 is 5.73 Å². The van der Waals surface area contributed by atoms with Gasteiger partial charge in [-0.25, -0.2) is 0 Å². The zero-order valence-corrected chi connectivity index (χ0v) is 11.1. The standard InChI is InChI=1S/C16H21NO/c1-13(11-12-18)7-6-8-14(2)16(17)15-9-4-3-5-10-15/h3-5,8-12,16H,6-7,17H2,1-2H3. The normalized spacial score (nSPS) is 14.4. The average molecular weight is 243 g/mol. The van der Waals surface area contributed by atoms with Crippen molar-refractivity contribution >= 4 is 6.29 Å². The van der Waals surface area contributed by atoms with Crippen LogP contribution in [-0.4, -0.2) is 6.29 Å². The van der Waals surface area contributed by atoms with Crippen molar-refractivity contribution in [2.75, 3.05) is 0 Å². The fourth-order valence-corrected chi connectivity index (χ4v) is 1.78. The van der Waals surface area contributed by atoms with E-state index in [4.69, 9.17) is 5.73 Å². The Hall–Kier alpha value is -1.67. The van der Waals surface area contributed by atoms with E-state index in [0.29, 0.717) is 0 Å². The van der Waals surface area contributed by atoms with Crippen molar-refractivity contribution in [1.82, 2.24) is 0 Å². The number of benzene rings is 1. The van der Waals surface area contributed by atoms with E-state index in [9.17, 15) is 4.79 Å². The average Bonchev–Trinajstić information content (AvgIpc) is 2.39. The minimum atomic E-state index is -0.0402. The van der Waals surface area contributed by atoms with Crippen LogP contribution in [0.25, 0.3) is 0 Å². The summed E-state index contributed by atoms with van der Waals surface area (Å²) in [4.78, 5) is 10.3. The first-order chi connectivity index (χ1) is 8.65. The molecule has 1 rings (SSSR count). The van der Waals surface area contributed by atoms with E-state index in [1.165, 1.54) is 5.57 Å². The van der Waals surface area contributed by atoms with Crippen LogP contribution < -0.4 is 5.73 Å². The van der Waals surface area contributed by atoms with E-state index in [1.54, 1.807) is 6.08 Å². The molecule has 0 aliphatic heterocycles. The molecular weight excluding hydrogens is 222 g/mol. The number of nitrogens with two attached hydrogens (primary N) is 1. The Labute approximate surface area is 109 Å². The van der Waals surface area contributed by atoms with Crippen LogP contribution in [0.3, 0.4) is 0 Å². The van der Waals surface area contributed by atoms with Crippen molar-refractivity contribution < 1.29 is 4.79 Å². The highest BCUT2D eigenvalue weighted by molar-refractivity contribution is 5.65. The fourth-order valence-electron chi connectivity index (χ4n) is 1.78. The fraction of sp³-hybridized carbons (Fsp3) is 0.312. The molecule has 1 aromatic rings. The van der Waals surface area contributed by atoms with Gasteiger partial charge in [0.1, 0.15) is 6.29 Å². The molecule has 0 heterocycles. The number of rotatable bonds is 6. The number of hydrogen-bond donors (Lipinski definition) is 1. The predicted octanol–water partition coefficient (Wildman–Crippen LogP) is 3.56. The van der Waals surface area contributed by atoms with Crippen molar-refractivity contribution in [1.29, 1.82) is 0 Å². The van der Waals surface area contributed by atoms with Gasteiger partial charge in [0.2, 0.25) is 0 Å². The molecule has 0 saturated carbocycles. The second-order valence-electron chi connectivity index (χ2n) is 4.52. The topological polar surface area (TPSA) is 43.1 Å². The highest BCUT2D eigenvalue weighted by atomic mass is 16.1. The van der Waals surface area contributed by atoms with Crippen molar-refractivity contribution in [3.63, 3.8) is 0 Å². The molecule has 1 atom stereocenters. The van der Waals surface area contributed by atoms with Crippen molar-refractivity contribution in [3.8, 4) is 0 Å². The largest absolute Gasteiger partial charge is 0.321 e. The van der Waals surface area contributed by atoms with Crippen molar-refractivity contribution in [3.05, 3.63) is 59.2 Å². The first kappa shape index (κ1) is 14.4. The molecule has 2 heteroatoms. The summed E-state index contributed by atoms with van der Waals surface area (Å²) in [7, 11) is 0. The van der Waals surface area contributed by atoms with Crippen molar-refractivity contribution in [2.24, 2.45) is 5.73 Å². The van der Waals surface area contributed by atoms with Gasteiger partial charge in [-0.2, -0.15) is 0 Å². The molecule has 1 aromatic carbocycles. The SMILES string of the molecule is CC(=CC=O)CCC=C(C)C(N)c1ccccc1. The third-order valence-corrected chi connectivity index (χ3v) is 3.01. The lowest BCUT2D eigenvalue weighted by Crippen LogP contribution is -2.11. The van der Waals surface area contributed by atoms with E-state index in [2.05, 4.69) is 13.0 Å². The van der Waals surface area contributed by atoms with E-state index in [0.717, 1.165) is 30.3 Å². The molecular formula is C16H21NO. The monoisotopic (exact) mass is 243 g/mol. The Morgan fingerprint density at radius 2 is 1.94 bits per heavy atom. The third kappa shape index (κ3) is 4.68. The van der Waals surface area contributed by atoms with Gasteiger partial charge in [0.15, 0.2) is 0 Å². The summed E-state index contributed by atoms with van der Waals surface area (Å²) in [5.74, 6) is 0. The molecule has 0 bridgehead atoms. The number of allylic oxidation sites excluding steroid dienone is 3. The molecule has 0 amide bonds. The molecule has 0 aliphatic carbocycles. The van der Waals surface area contributed by atoms with E-state index in [1.807, 2.05) is 37.3 Å². The molecule has 0 fully saturated rings. The lowest BCUT2D eigenvalue weighted by molar-refractivity contribution is -0.104. The number of hydrogen-bond acceptors (Lipinski definition) is 2. The smallest absolute Gasteiger partial charge is 0.142 e. The highest BCUT2D eigenvalue weighted by Gasteiger charge is 2.06. The summed E-state index contributed by atoms with van der Waals surface area (Å²) < 4.78 is 0. The first-order valence-corrected chi connectivity index (χ1v) is 6.23. The second kappa shape index (κ2) is 7.62. The van der Waals surface area contributed by atoms with Gasteiger partial charge in [-0.05, 0) is 38.3 Å². The third-order valence-electron chi connectivity index (χ3n) is 3.01. The molecule has 18 heavy (non-hydrogen) atoms. The van der Waals surface area contributed by atoms with Crippen LogP contribution in [0.5, 0.6) is 0 Å². The molecule has 0 saturated heterocycles. The summed E-state index contributed by atoms with van der Waals surface area (Å²) in [6.07, 6.45) is 6.42.